The van der Waals surface area contributed by atoms with Crippen LogP contribution in [0.3, 0.4) is 0 Å². The van der Waals surface area contributed by atoms with E-state index < -0.39 is 6.09 Å². The molecule has 2 aromatic carbocycles. The highest BCUT2D eigenvalue weighted by Gasteiger charge is 2.33. The Balaban J connectivity index is 0.00000289. The van der Waals surface area contributed by atoms with Crippen molar-refractivity contribution in [2.24, 2.45) is 0 Å². The van der Waals surface area contributed by atoms with Gasteiger partial charge in [-0.3, -0.25) is 9.69 Å². The Morgan fingerprint density at radius 1 is 1.03 bits per heavy atom. The smallest absolute Gasteiger partial charge is 0.405 e. The monoisotopic (exact) mass is 457 g/mol. The van der Waals surface area contributed by atoms with Crippen molar-refractivity contribution >= 4 is 30.1 Å². The molecule has 0 unspecified atom stereocenters. The zero-order valence-corrected chi connectivity index (χ0v) is 19.5. The number of hydrogen-bond donors (Lipinski definition) is 2. The van der Waals surface area contributed by atoms with Gasteiger partial charge >= 0.3 is 6.09 Å². The third-order valence-electron chi connectivity index (χ3n) is 6.46. The zero-order chi connectivity index (χ0) is 22.0. The van der Waals surface area contributed by atoms with E-state index in [1.54, 1.807) is 11.8 Å². The minimum atomic E-state index is -1.05. The summed E-state index contributed by atoms with van der Waals surface area (Å²) in [4.78, 5) is 27.9. The molecule has 6 nitrogen and oxygen atoms in total. The lowest BCUT2D eigenvalue weighted by Crippen LogP contribution is -2.45. The van der Waals surface area contributed by atoms with E-state index in [1.807, 2.05) is 25.1 Å². The third-order valence-corrected chi connectivity index (χ3v) is 6.46. The molecule has 2 aliphatic heterocycles. The van der Waals surface area contributed by atoms with Crippen molar-refractivity contribution in [1.82, 2.24) is 10.2 Å². The first-order valence-electron chi connectivity index (χ1n) is 11.2. The summed E-state index contributed by atoms with van der Waals surface area (Å²) in [7, 11) is 0. The van der Waals surface area contributed by atoms with Crippen LogP contribution < -0.4 is 10.2 Å². The predicted octanol–water partition coefficient (Wildman–Crippen LogP) is 5.22. The van der Waals surface area contributed by atoms with Gasteiger partial charge in [0, 0.05) is 25.2 Å². The van der Waals surface area contributed by atoms with E-state index in [2.05, 4.69) is 34.5 Å². The van der Waals surface area contributed by atoms with Gasteiger partial charge in [0.25, 0.3) is 0 Å². The number of rotatable bonds is 4. The summed E-state index contributed by atoms with van der Waals surface area (Å²) in [5.41, 5.74) is 5.07. The van der Waals surface area contributed by atoms with Crippen molar-refractivity contribution in [1.29, 1.82) is 0 Å². The fourth-order valence-electron chi connectivity index (χ4n) is 4.99. The lowest BCUT2D eigenvalue weighted by molar-refractivity contribution is -0.117. The van der Waals surface area contributed by atoms with Crippen LogP contribution in [-0.4, -0.2) is 41.1 Å². The standard InChI is InChI=1S/C25H31N3O3.ClH/c1-17-14-23(26-25(30)31)22-15-21(10-11-24(22)28(17)18(2)29)20-8-6-19(7-9-20)16-27-12-4-3-5-13-27;/h6-11,15,17,23,26H,3-5,12-14,16H2,1-2H3,(H,30,31);1H/t17-,23+;/m1./s1. The second-order valence-electron chi connectivity index (χ2n) is 8.78. The topological polar surface area (TPSA) is 72.9 Å². The van der Waals surface area contributed by atoms with E-state index in [0.717, 1.165) is 28.9 Å². The van der Waals surface area contributed by atoms with Crippen LogP contribution in [0.15, 0.2) is 42.5 Å². The lowest BCUT2D eigenvalue weighted by atomic mass is 9.89. The molecule has 2 aromatic rings. The van der Waals surface area contributed by atoms with Gasteiger partial charge in [0.1, 0.15) is 0 Å². The van der Waals surface area contributed by atoms with Crippen molar-refractivity contribution in [2.45, 2.75) is 58.2 Å². The molecule has 2 aliphatic rings. The summed E-state index contributed by atoms with van der Waals surface area (Å²) in [6.07, 6.45) is 3.41. The second kappa shape index (κ2) is 10.4. The van der Waals surface area contributed by atoms with E-state index in [9.17, 15) is 14.7 Å². The van der Waals surface area contributed by atoms with Crippen LogP contribution in [0, 0.1) is 0 Å². The molecule has 2 amide bonds. The fraction of sp³-hybridized carbons (Fsp3) is 0.440. The van der Waals surface area contributed by atoms with Gasteiger partial charge in [-0.05, 0) is 73.7 Å². The molecule has 4 rings (SSSR count). The van der Waals surface area contributed by atoms with Crippen molar-refractivity contribution in [3.05, 3.63) is 53.6 Å². The quantitative estimate of drug-likeness (QED) is 0.660. The maximum absolute atomic E-state index is 12.2. The number of nitrogens with zero attached hydrogens (tertiary/aromatic N) is 2. The number of halogens is 1. The zero-order valence-electron chi connectivity index (χ0n) is 18.7. The van der Waals surface area contributed by atoms with Crippen LogP contribution in [-0.2, 0) is 11.3 Å². The number of carbonyl (C=O) groups excluding carboxylic acids is 1. The Morgan fingerprint density at radius 2 is 1.69 bits per heavy atom. The minimum absolute atomic E-state index is 0. The number of nitrogens with one attached hydrogen (secondary N) is 1. The number of fused-ring (bicyclic) bond motifs is 1. The Kier molecular flexibility index (Phi) is 7.80. The second-order valence-corrected chi connectivity index (χ2v) is 8.78. The Labute approximate surface area is 196 Å². The van der Waals surface area contributed by atoms with Crippen LogP contribution in [0.2, 0.25) is 0 Å². The van der Waals surface area contributed by atoms with Crippen LogP contribution in [0.1, 0.15) is 56.7 Å². The molecule has 0 spiro atoms. The van der Waals surface area contributed by atoms with E-state index in [1.165, 1.54) is 37.9 Å². The van der Waals surface area contributed by atoms with E-state index in [0.29, 0.717) is 6.42 Å². The average Bonchev–Trinajstić information content (AvgIpc) is 2.74. The molecule has 1 saturated heterocycles. The molecule has 32 heavy (non-hydrogen) atoms. The number of likely N-dealkylation sites (tertiary alicyclic amines) is 1. The summed E-state index contributed by atoms with van der Waals surface area (Å²) in [6, 6.07) is 14.2. The number of carboxylic acid groups (broad SMARTS) is 1. The lowest BCUT2D eigenvalue weighted by Gasteiger charge is -2.39. The molecule has 0 radical (unpaired) electrons. The van der Waals surface area contributed by atoms with Gasteiger partial charge in [-0.2, -0.15) is 0 Å². The highest BCUT2D eigenvalue weighted by atomic mass is 35.5. The van der Waals surface area contributed by atoms with Crippen molar-refractivity contribution < 1.29 is 14.7 Å². The summed E-state index contributed by atoms with van der Waals surface area (Å²) >= 11 is 0. The van der Waals surface area contributed by atoms with Gasteiger partial charge in [0.15, 0.2) is 0 Å². The number of benzene rings is 2. The van der Waals surface area contributed by atoms with Gasteiger partial charge in [0.2, 0.25) is 5.91 Å². The molecule has 0 bridgehead atoms. The summed E-state index contributed by atoms with van der Waals surface area (Å²) in [6.45, 7) is 6.85. The fourth-order valence-corrected chi connectivity index (χ4v) is 4.99. The number of piperidine rings is 1. The number of hydrogen-bond acceptors (Lipinski definition) is 3. The van der Waals surface area contributed by atoms with Crippen molar-refractivity contribution in [3.8, 4) is 11.1 Å². The first-order chi connectivity index (χ1) is 14.9. The Bertz CT molecular complexity index is 957. The number of carbonyl (C=O) groups is 2. The molecular formula is C25H32ClN3O3. The number of anilines is 1. The molecular weight excluding hydrogens is 426 g/mol. The van der Waals surface area contributed by atoms with E-state index in [4.69, 9.17) is 0 Å². The van der Waals surface area contributed by atoms with Gasteiger partial charge in [-0.1, -0.05) is 36.8 Å². The molecule has 2 N–H and O–H groups in total. The molecule has 1 fully saturated rings. The SMILES string of the molecule is CC(=O)N1c2ccc(-c3ccc(CN4CCCCC4)cc3)cc2[C@@H](NC(=O)O)C[C@H]1C.Cl. The van der Waals surface area contributed by atoms with Gasteiger partial charge in [-0.15, -0.1) is 12.4 Å². The van der Waals surface area contributed by atoms with Crippen LogP contribution in [0.5, 0.6) is 0 Å². The number of amides is 2. The molecule has 0 aliphatic carbocycles. The first kappa shape index (κ1) is 24.1. The summed E-state index contributed by atoms with van der Waals surface area (Å²) in [5, 5.41) is 11.9. The van der Waals surface area contributed by atoms with Crippen LogP contribution >= 0.6 is 12.4 Å². The van der Waals surface area contributed by atoms with Gasteiger partial charge in [0.05, 0.1) is 6.04 Å². The molecule has 2 heterocycles. The van der Waals surface area contributed by atoms with Crippen LogP contribution in [0.25, 0.3) is 11.1 Å². The normalized spacial score (nSPS) is 20.8. The van der Waals surface area contributed by atoms with Crippen LogP contribution in [0.4, 0.5) is 10.5 Å². The third kappa shape index (κ3) is 5.25. The maximum atomic E-state index is 12.2. The molecule has 0 saturated carbocycles. The largest absolute Gasteiger partial charge is 0.465 e. The maximum Gasteiger partial charge on any atom is 0.405 e. The molecule has 7 heteroatoms. The summed E-state index contributed by atoms with van der Waals surface area (Å²) in [5.74, 6) is -0.0302. The average molecular weight is 458 g/mol. The minimum Gasteiger partial charge on any atom is -0.465 e. The van der Waals surface area contributed by atoms with Crippen molar-refractivity contribution in [3.63, 3.8) is 0 Å². The van der Waals surface area contributed by atoms with E-state index >= 15 is 0 Å². The van der Waals surface area contributed by atoms with Gasteiger partial charge < -0.3 is 15.3 Å². The molecule has 172 valence electrons. The Hall–Kier alpha value is -2.57. The van der Waals surface area contributed by atoms with Gasteiger partial charge in [-0.25, -0.2) is 4.79 Å². The van der Waals surface area contributed by atoms with E-state index in [-0.39, 0.29) is 30.4 Å². The summed E-state index contributed by atoms with van der Waals surface area (Å²) < 4.78 is 0. The van der Waals surface area contributed by atoms with Crippen molar-refractivity contribution in [2.75, 3.05) is 18.0 Å². The highest BCUT2D eigenvalue weighted by molar-refractivity contribution is 5.94. The molecule has 2 atom stereocenters. The Morgan fingerprint density at radius 3 is 2.31 bits per heavy atom. The molecule has 0 aromatic heterocycles. The first-order valence-corrected chi connectivity index (χ1v) is 11.2. The highest BCUT2D eigenvalue weighted by Crippen LogP contribution is 2.39. The predicted molar refractivity (Wildman–Crippen MR) is 129 cm³/mol.